The first-order chi connectivity index (χ1) is 14.3. The van der Waals surface area contributed by atoms with Crippen LogP contribution in [-0.2, 0) is 0 Å². The highest BCUT2D eigenvalue weighted by Gasteiger charge is 2.15. The maximum absolute atomic E-state index is 6.20. The fourth-order valence-corrected chi connectivity index (χ4v) is 4.14. The lowest BCUT2D eigenvalue weighted by Gasteiger charge is -2.17. The van der Waals surface area contributed by atoms with Gasteiger partial charge in [-0.2, -0.15) is 0 Å². The van der Waals surface area contributed by atoms with Crippen molar-refractivity contribution in [2.75, 3.05) is 0 Å². The maximum atomic E-state index is 6.20. The summed E-state index contributed by atoms with van der Waals surface area (Å²) in [4.78, 5) is 0. The molecule has 5 aromatic rings. The van der Waals surface area contributed by atoms with Crippen molar-refractivity contribution in [3.05, 3.63) is 120 Å². The van der Waals surface area contributed by atoms with Crippen LogP contribution >= 0.6 is 11.6 Å². The summed E-state index contributed by atoms with van der Waals surface area (Å²) in [5.74, 6) is 0. The highest BCUT2D eigenvalue weighted by atomic mass is 35.5. The van der Waals surface area contributed by atoms with Gasteiger partial charge in [0.2, 0.25) is 0 Å². The smallest absolute Gasteiger partial charge is 0.0406 e. The summed E-state index contributed by atoms with van der Waals surface area (Å²) in [5, 5.41) is 3.25. The molecule has 5 aromatic carbocycles. The normalized spacial score (nSPS) is 10.9. The zero-order chi connectivity index (χ0) is 19.6. The molecule has 0 amide bonds. The molecule has 0 fully saturated rings. The predicted octanol–water partition coefficient (Wildman–Crippen LogP) is 8.49. The molecule has 0 spiro atoms. The van der Waals surface area contributed by atoms with E-state index in [-0.39, 0.29) is 0 Å². The van der Waals surface area contributed by atoms with Crippen LogP contribution in [0.5, 0.6) is 0 Å². The zero-order valence-corrected chi connectivity index (χ0v) is 16.6. The third-order valence-electron chi connectivity index (χ3n) is 5.35. The third kappa shape index (κ3) is 3.33. The standard InChI is InChI=1S/C28H19Cl/c29-24-17-14-23(15-18-24)28-26(21-10-5-2-6-11-21)19-16-22-12-7-13-25(27(22)28)20-8-3-1-4-9-20/h1-19H. The molecular formula is C28H19Cl. The topological polar surface area (TPSA) is 0 Å². The van der Waals surface area contributed by atoms with Crippen LogP contribution in [-0.4, -0.2) is 0 Å². The average molecular weight is 391 g/mol. The van der Waals surface area contributed by atoms with Gasteiger partial charge in [-0.05, 0) is 56.3 Å². The van der Waals surface area contributed by atoms with Gasteiger partial charge < -0.3 is 0 Å². The summed E-state index contributed by atoms with van der Waals surface area (Å²) in [6, 6.07) is 40.4. The minimum Gasteiger partial charge on any atom is -0.0843 e. The van der Waals surface area contributed by atoms with E-state index in [0.29, 0.717) is 0 Å². The molecule has 0 nitrogen and oxygen atoms in total. The lowest BCUT2D eigenvalue weighted by Crippen LogP contribution is -1.91. The molecule has 0 aliphatic carbocycles. The molecule has 0 atom stereocenters. The molecule has 0 saturated carbocycles. The largest absolute Gasteiger partial charge is 0.0843 e. The van der Waals surface area contributed by atoms with Crippen molar-refractivity contribution in [3.63, 3.8) is 0 Å². The average Bonchev–Trinajstić information content (AvgIpc) is 2.80. The van der Waals surface area contributed by atoms with Gasteiger partial charge in [-0.15, -0.1) is 0 Å². The lowest BCUT2D eigenvalue weighted by atomic mass is 9.86. The fourth-order valence-electron chi connectivity index (χ4n) is 4.01. The van der Waals surface area contributed by atoms with E-state index < -0.39 is 0 Å². The first kappa shape index (κ1) is 17.7. The minimum atomic E-state index is 0.749. The van der Waals surface area contributed by atoms with E-state index in [2.05, 4.69) is 103 Å². The van der Waals surface area contributed by atoms with E-state index in [1.165, 1.54) is 44.2 Å². The third-order valence-corrected chi connectivity index (χ3v) is 5.60. The Balaban J connectivity index is 1.91. The van der Waals surface area contributed by atoms with Gasteiger partial charge in [0, 0.05) is 5.02 Å². The molecular weight excluding hydrogens is 372 g/mol. The van der Waals surface area contributed by atoms with Gasteiger partial charge in [-0.1, -0.05) is 115 Å². The zero-order valence-electron chi connectivity index (χ0n) is 15.8. The number of rotatable bonds is 3. The Bertz CT molecular complexity index is 1270. The molecule has 29 heavy (non-hydrogen) atoms. The highest BCUT2D eigenvalue weighted by molar-refractivity contribution is 6.30. The molecule has 5 rings (SSSR count). The molecule has 0 unspecified atom stereocenters. The van der Waals surface area contributed by atoms with Crippen molar-refractivity contribution < 1.29 is 0 Å². The first-order valence-electron chi connectivity index (χ1n) is 9.74. The van der Waals surface area contributed by atoms with Crippen molar-refractivity contribution in [1.29, 1.82) is 0 Å². The number of hydrogen-bond donors (Lipinski definition) is 0. The van der Waals surface area contributed by atoms with E-state index in [9.17, 15) is 0 Å². The molecule has 0 heterocycles. The van der Waals surface area contributed by atoms with Gasteiger partial charge in [0.25, 0.3) is 0 Å². The Labute approximate surface area is 176 Å². The van der Waals surface area contributed by atoms with Crippen LogP contribution < -0.4 is 0 Å². The second-order valence-corrected chi connectivity index (χ2v) is 7.57. The first-order valence-corrected chi connectivity index (χ1v) is 10.1. The van der Waals surface area contributed by atoms with Crippen LogP contribution in [0, 0.1) is 0 Å². The molecule has 0 N–H and O–H groups in total. The van der Waals surface area contributed by atoms with Crippen LogP contribution in [0.4, 0.5) is 0 Å². The Morgan fingerprint density at radius 3 is 1.69 bits per heavy atom. The van der Waals surface area contributed by atoms with Gasteiger partial charge in [0.15, 0.2) is 0 Å². The van der Waals surface area contributed by atoms with Crippen LogP contribution in [0.1, 0.15) is 0 Å². The lowest BCUT2D eigenvalue weighted by molar-refractivity contribution is 1.60. The quantitative estimate of drug-likeness (QED) is 0.289. The minimum absolute atomic E-state index is 0.749. The monoisotopic (exact) mass is 390 g/mol. The van der Waals surface area contributed by atoms with Gasteiger partial charge in [0.05, 0.1) is 0 Å². The van der Waals surface area contributed by atoms with Gasteiger partial charge in [-0.25, -0.2) is 0 Å². The molecule has 0 radical (unpaired) electrons. The van der Waals surface area contributed by atoms with E-state index in [1.54, 1.807) is 0 Å². The molecule has 138 valence electrons. The number of hydrogen-bond acceptors (Lipinski definition) is 0. The summed E-state index contributed by atoms with van der Waals surface area (Å²) >= 11 is 6.20. The molecule has 0 saturated heterocycles. The number of halogens is 1. The van der Waals surface area contributed by atoms with Crippen molar-refractivity contribution in [1.82, 2.24) is 0 Å². The highest BCUT2D eigenvalue weighted by Crippen LogP contribution is 2.42. The Kier molecular flexibility index (Phi) is 4.63. The fraction of sp³-hybridized carbons (Fsp3) is 0. The van der Waals surface area contributed by atoms with E-state index in [4.69, 9.17) is 11.6 Å². The predicted molar refractivity (Wildman–Crippen MR) is 125 cm³/mol. The molecule has 1 heteroatoms. The summed E-state index contributed by atoms with van der Waals surface area (Å²) in [6.07, 6.45) is 0. The molecule has 0 aliphatic heterocycles. The molecule has 0 bridgehead atoms. The number of benzene rings is 5. The van der Waals surface area contributed by atoms with Crippen molar-refractivity contribution in [3.8, 4) is 33.4 Å². The van der Waals surface area contributed by atoms with Crippen molar-refractivity contribution >= 4 is 22.4 Å². The number of fused-ring (bicyclic) bond motifs is 1. The summed E-state index contributed by atoms with van der Waals surface area (Å²) in [5.41, 5.74) is 7.31. The van der Waals surface area contributed by atoms with Crippen molar-refractivity contribution in [2.45, 2.75) is 0 Å². The SMILES string of the molecule is Clc1ccc(-c2c(-c3ccccc3)ccc3cccc(-c4ccccc4)c23)cc1. The van der Waals surface area contributed by atoms with E-state index in [0.717, 1.165) is 5.02 Å². The summed E-state index contributed by atoms with van der Waals surface area (Å²) in [6.45, 7) is 0. The van der Waals surface area contributed by atoms with Crippen LogP contribution in [0.3, 0.4) is 0 Å². The molecule has 0 aliphatic rings. The second-order valence-electron chi connectivity index (χ2n) is 7.13. The van der Waals surface area contributed by atoms with Gasteiger partial charge in [0.1, 0.15) is 0 Å². The second kappa shape index (κ2) is 7.58. The van der Waals surface area contributed by atoms with Crippen LogP contribution in [0.15, 0.2) is 115 Å². The van der Waals surface area contributed by atoms with E-state index in [1.807, 2.05) is 12.1 Å². The Morgan fingerprint density at radius 2 is 1.03 bits per heavy atom. The Morgan fingerprint density at radius 1 is 0.414 bits per heavy atom. The maximum Gasteiger partial charge on any atom is 0.0406 e. The molecule has 0 aromatic heterocycles. The summed E-state index contributed by atoms with van der Waals surface area (Å²) in [7, 11) is 0. The van der Waals surface area contributed by atoms with Crippen LogP contribution in [0.25, 0.3) is 44.2 Å². The van der Waals surface area contributed by atoms with Gasteiger partial charge in [-0.3, -0.25) is 0 Å². The Hall–Kier alpha value is -3.35. The summed E-state index contributed by atoms with van der Waals surface area (Å²) < 4.78 is 0. The van der Waals surface area contributed by atoms with Gasteiger partial charge >= 0.3 is 0 Å². The van der Waals surface area contributed by atoms with Crippen LogP contribution in [0.2, 0.25) is 5.02 Å². The van der Waals surface area contributed by atoms with Crippen molar-refractivity contribution in [2.24, 2.45) is 0 Å². The van der Waals surface area contributed by atoms with E-state index >= 15 is 0 Å².